The molecule has 0 bridgehead atoms. The number of hydrogen-bond donors (Lipinski definition) is 1. The fraction of sp³-hybridized carbons (Fsp3) is 0.650. The van der Waals surface area contributed by atoms with E-state index in [0.717, 1.165) is 30.3 Å². The van der Waals surface area contributed by atoms with E-state index in [2.05, 4.69) is 0 Å². The molecule has 0 spiro atoms. The molecule has 4 heteroatoms. The standard InChI is InChI=1S/C20H30N2O2/c1-21(13-14-23)19-9-7-17(8-10-19)20(24)22-12-11-18(15-22)16-5-3-2-4-6-16/h7-10,16,18,23H,2-6,11-15H2,1H3/t18-/m0/s1. The van der Waals surface area contributed by atoms with Crippen LogP contribution in [0.25, 0.3) is 0 Å². The van der Waals surface area contributed by atoms with E-state index in [4.69, 9.17) is 5.11 Å². The summed E-state index contributed by atoms with van der Waals surface area (Å²) in [5.74, 6) is 1.72. The lowest BCUT2D eigenvalue weighted by Gasteiger charge is -2.27. The van der Waals surface area contributed by atoms with E-state index >= 15 is 0 Å². The van der Waals surface area contributed by atoms with Gasteiger partial charge in [0.1, 0.15) is 0 Å². The first-order valence-corrected chi connectivity index (χ1v) is 9.40. The number of nitrogens with zero attached hydrogens (tertiary/aromatic N) is 2. The monoisotopic (exact) mass is 330 g/mol. The van der Waals surface area contributed by atoms with Gasteiger partial charge in [-0.3, -0.25) is 4.79 Å². The highest BCUT2D eigenvalue weighted by Gasteiger charge is 2.32. The number of likely N-dealkylation sites (tertiary alicyclic amines) is 1. The molecule has 1 heterocycles. The van der Waals surface area contributed by atoms with E-state index in [1.807, 2.05) is 41.1 Å². The van der Waals surface area contributed by atoms with Gasteiger partial charge < -0.3 is 14.9 Å². The Hall–Kier alpha value is -1.55. The Morgan fingerprint density at radius 3 is 2.50 bits per heavy atom. The average Bonchev–Trinajstić information content (AvgIpc) is 3.12. The van der Waals surface area contributed by atoms with Crippen molar-refractivity contribution < 1.29 is 9.90 Å². The first-order chi connectivity index (χ1) is 11.7. The second-order valence-corrected chi connectivity index (χ2v) is 7.39. The van der Waals surface area contributed by atoms with Crippen molar-refractivity contribution in [2.45, 2.75) is 38.5 Å². The molecule has 0 unspecified atom stereocenters. The number of benzene rings is 1. The van der Waals surface area contributed by atoms with Crippen LogP contribution in [0.4, 0.5) is 5.69 Å². The molecule has 2 aliphatic rings. The average molecular weight is 330 g/mol. The van der Waals surface area contributed by atoms with E-state index in [9.17, 15) is 4.79 Å². The molecule has 24 heavy (non-hydrogen) atoms. The van der Waals surface area contributed by atoms with Crippen molar-refractivity contribution in [3.8, 4) is 0 Å². The highest BCUT2D eigenvalue weighted by Crippen LogP contribution is 2.35. The first-order valence-electron chi connectivity index (χ1n) is 9.40. The molecular weight excluding hydrogens is 300 g/mol. The van der Waals surface area contributed by atoms with Gasteiger partial charge in [0, 0.05) is 37.9 Å². The van der Waals surface area contributed by atoms with Gasteiger partial charge in [-0.15, -0.1) is 0 Å². The van der Waals surface area contributed by atoms with Crippen LogP contribution in [0.3, 0.4) is 0 Å². The smallest absolute Gasteiger partial charge is 0.253 e. The summed E-state index contributed by atoms with van der Waals surface area (Å²) in [5.41, 5.74) is 1.81. The van der Waals surface area contributed by atoms with E-state index < -0.39 is 0 Å². The molecule has 0 radical (unpaired) electrons. The fourth-order valence-electron chi connectivity index (χ4n) is 4.28. The maximum Gasteiger partial charge on any atom is 0.253 e. The molecule has 1 N–H and O–H groups in total. The summed E-state index contributed by atoms with van der Waals surface area (Å²) < 4.78 is 0. The second-order valence-electron chi connectivity index (χ2n) is 7.39. The maximum atomic E-state index is 12.8. The van der Waals surface area contributed by atoms with Crippen LogP contribution in [0.5, 0.6) is 0 Å². The van der Waals surface area contributed by atoms with Crippen molar-refractivity contribution in [1.29, 1.82) is 0 Å². The number of likely N-dealkylation sites (N-methyl/N-ethyl adjacent to an activating group) is 1. The van der Waals surface area contributed by atoms with Crippen LogP contribution in [0.2, 0.25) is 0 Å². The number of hydrogen-bond acceptors (Lipinski definition) is 3. The Balaban J connectivity index is 1.58. The third-order valence-electron chi connectivity index (χ3n) is 5.82. The SMILES string of the molecule is CN(CCO)c1ccc(C(=O)N2CC[C@H](C3CCCCC3)C2)cc1. The van der Waals surface area contributed by atoms with Gasteiger partial charge in [-0.1, -0.05) is 32.1 Å². The summed E-state index contributed by atoms with van der Waals surface area (Å²) in [6, 6.07) is 7.77. The molecule has 1 atom stereocenters. The third kappa shape index (κ3) is 3.92. The Morgan fingerprint density at radius 2 is 1.83 bits per heavy atom. The number of aliphatic hydroxyl groups is 1. The van der Waals surface area contributed by atoms with E-state index in [-0.39, 0.29) is 12.5 Å². The van der Waals surface area contributed by atoms with Gasteiger partial charge in [0.05, 0.1) is 6.61 Å². The van der Waals surface area contributed by atoms with Gasteiger partial charge in [-0.05, 0) is 42.5 Å². The lowest BCUT2D eigenvalue weighted by Crippen LogP contribution is -2.30. The Morgan fingerprint density at radius 1 is 1.12 bits per heavy atom. The molecule has 1 amide bonds. The molecule has 1 aromatic rings. The lowest BCUT2D eigenvalue weighted by atomic mass is 9.80. The molecule has 1 aromatic carbocycles. The summed E-state index contributed by atoms with van der Waals surface area (Å²) in [5, 5.41) is 9.01. The minimum atomic E-state index is 0.132. The first kappa shape index (κ1) is 17.3. The highest BCUT2D eigenvalue weighted by atomic mass is 16.3. The van der Waals surface area contributed by atoms with Crippen LogP contribution in [-0.2, 0) is 0 Å². The topological polar surface area (TPSA) is 43.8 Å². The van der Waals surface area contributed by atoms with Crippen molar-refractivity contribution in [2.24, 2.45) is 11.8 Å². The molecule has 1 saturated carbocycles. The predicted molar refractivity (Wildman–Crippen MR) is 97.4 cm³/mol. The third-order valence-corrected chi connectivity index (χ3v) is 5.82. The zero-order valence-electron chi connectivity index (χ0n) is 14.8. The van der Waals surface area contributed by atoms with Gasteiger partial charge >= 0.3 is 0 Å². The molecule has 0 aromatic heterocycles. The zero-order chi connectivity index (χ0) is 16.9. The summed E-state index contributed by atoms with van der Waals surface area (Å²) >= 11 is 0. The van der Waals surface area contributed by atoms with E-state index in [0.29, 0.717) is 12.5 Å². The Labute approximate surface area is 145 Å². The van der Waals surface area contributed by atoms with Crippen LogP contribution in [-0.4, -0.2) is 49.2 Å². The van der Waals surface area contributed by atoms with Gasteiger partial charge in [0.15, 0.2) is 0 Å². The minimum Gasteiger partial charge on any atom is -0.395 e. The molecule has 1 saturated heterocycles. The highest BCUT2D eigenvalue weighted by molar-refractivity contribution is 5.94. The quantitative estimate of drug-likeness (QED) is 0.902. The summed E-state index contributed by atoms with van der Waals surface area (Å²) in [6.45, 7) is 2.58. The van der Waals surface area contributed by atoms with Crippen LogP contribution in [0, 0.1) is 11.8 Å². The molecule has 3 rings (SSSR count). The summed E-state index contributed by atoms with van der Waals surface area (Å²) in [4.78, 5) is 16.8. The van der Waals surface area contributed by atoms with Crippen LogP contribution < -0.4 is 4.90 Å². The van der Waals surface area contributed by atoms with Crippen molar-refractivity contribution in [2.75, 3.05) is 38.2 Å². The number of amides is 1. The molecular formula is C20H30N2O2. The Kier molecular flexibility index (Phi) is 5.77. The number of carbonyl (C=O) groups is 1. The fourth-order valence-corrected chi connectivity index (χ4v) is 4.28. The van der Waals surface area contributed by atoms with Gasteiger partial charge in [-0.2, -0.15) is 0 Å². The van der Waals surface area contributed by atoms with Gasteiger partial charge in [0.2, 0.25) is 0 Å². The lowest BCUT2D eigenvalue weighted by molar-refractivity contribution is 0.0779. The minimum absolute atomic E-state index is 0.132. The van der Waals surface area contributed by atoms with Crippen LogP contribution in [0.1, 0.15) is 48.9 Å². The zero-order valence-corrected chi connectivity index (χ0v) is 14.8. The van der Waals surface area contributed by atoms with Crippen molar-refractivity contribution in [3.05, 3.63) is 29.8 Å². The molecule has 4 nitrogen and oxygen atoms in total. The number of aliphatic hydroxyl groups excluding tert-OH is 1. The number of anilines is 1. The predicted octanol–water partition coefficient (Wildman–Crippen LogP) is 3.16. The largest absolute Gasteiger partial charge is 0.395 e. The van der Waals surface area contributed by atoms with Crippen LogP contribution >= 0.6 is 0 Å². The van der Waals surface area contributed by atoms with Gasteiger partial charge in [-0.25, -0.2) is 0 Å². The van der Waals surface area contributed by atoms with Crippen molar-refractivity contribution in [1.82, 2.24) is 4.90 Å². The molecule has 132 valence electrons. The maximum absolute atomic E-state index is 12.8. The molecule has 1 aliphatic heterocycles. The van der Waals surface area contributed by atoms with Crippen molar-refractivity contribution >= 4 is 11.6 Å². The van der Waals surface area contributed by atoms with Crippen molar-refractivity contribution in [3.63, 3.8) is 0 Å². The Bertz CT molecular complexity index is 537. The number of carbonyl (C=O) groups excluding carboxylic acids is 1. The summed E-state index contributed by atoms with van der Waals surface area (Å²) in [6.07, 6.45) is 8.03. The van der Waals surface area contributed by atoms with Gasteiger partial charge in [0.25, 0.3) is 5.91 Å². The second kappa shape index (κ2) is 8.02. The summed E-state index contributed by atoms with van der Waals surface area (Å²) in [7, 11) is 1.95. The van der Waals surface area contributed by atoms with E-state index in [1.165, 1.54) is 38.5 Å². The van der Waals surface area contributed by atoms with E-state index in [1.54, 1.807) is 0 Å². The van der Waals surface area contributed by atoms with Crippen LogP contribution in [0.15, 0.2) is 24.3 Å². The normalized spacial score (nSPS) is 21.9. The number of rotatable bonds is 5. The molecule has 2 fully saturated rings. The molecule has 1 aliphatic carbocycles.